The van der Waals surface area contributed by atoms with Gasteiger partial charge in [-0.2, -0.15) is 5.10 Å². The predicted octanol–water partition coefficient (Wildman–Crippen LogP) is 2.08. The minimum atomic E-state index is -0.217. The Kier molecular flexibility index (Phi) is 4.12. The van der Waals surface area contributed by atoms with Crippen molar-refractivity contribution in [3.63, 3.8) is 0 Å². The van der Waals surface area contributed by atoms with E-state index in [9.17, 15) is 4.79 Å². The van der Waals surface area contributed by atoms with Crippen LogP contribution < -0.4 is 15.0 Å². The number of amides is 1. The Morgan fingerprint density at radius 1 is 1.39 bits per heavy atom. The van der Waals surface area contributed by atoms with Crippen LogP contribution in [0, 0.1) is 0 Å². The minimum absolute atomic E-state index is 0.217. The number of carbonyl (C=O) groups is 1. The quantitative estimate of drug-likeness (QED) is 0.688. The summed E-state index contributed by atoms with van der Waals surface area (Å²) < 4.78 is 7.26. The molecule has 23 heavy (non-hydrogen) atoms. The zero-order valence-electron chi connectivity index (χ0n) is 12.8. The Bertz CT molecular complexity index is 797. The van der Waals surface area contributed by atoms with Crippen molar-refractivity contribution in [2.75, 3.05) is 11.5 Å². The Morgan fingerprint density at radius 3 is 2.87 bits per heavy atom. The first kappa shape index (κ1) is 15.2. The molecule has 7 heteroatoms. The number of benzene rings is 1. The summed E-state index contributed by atoms with van der Waals surface area (Å²) in [5.74, 6) is 0.404. The van der Waals surface area contributed by atoms with Crippen LogP contribution in [0.1, 0.15) is 12.5 Å². The van der Waals surface area contributed by atoms with Crippen LogP contribution in [0.15, 0.2) is 42.4 Å². The largest absolute Gasteiger partial charge is 0.492 e. The fourth-order valence-electron chi connectivity index (χ4n) is 2.35. The second-order valence-corrected chi connectivity index (χ2v) is 5.36. The van der Waals surface area contributed by atoms with E-state index < -0.39 is 0 Å². The van der Waals surface area contributed by atoms with Gasteiger partial charge in [0.05, 0.1) is 18.5 Å². The molecule has 1 N–H and O–H groups in total. The van der Waals surface area contributed by atoms with E-state index in [4.69, 9.17) is 17.0 Å². The van der Waals surface area contributed by atoms with Gasteiger partial charge < -0.3 is 10.1 Å². The molecule has 0 atom stereocenters. The average Bonchev–Trinajstić information content (AvgIpc) is 3.05. The molecule has 2 heterocycles. The van der Waals surface area contributed by atoms with Gasteiger partial charge in [0.25, 0.3) is 5.91 Å². The Hall–Kier alpha value is -2.67. The van der Waals surface area contributed by atoms with Crippen molar-refractivity contribution in [2.45, 2.75) is 6.92 Å². The topological polar surface area (TPSA) is 59.4 Å². The highest BCUT2D eigenvalue weighted by atomic mass is 32.1. The fraction of sp³-hybridized carbons (Fsp3) is 0.188. The Morgan fingerprint density at radius 2 is 2.17 bits per heavy atom. The van der Waals surface area contributed by atoms with Gasteiger partial charge in [0.15, 0.2) is 5.11 Å². The number of thiocarbonyl (C=S) groups is 1. The number of nitrogens with zero attached hydrogens (tertiary/aromatic N) is 3. The molecule has 1 aromatic heterocycles. The molecule has 1 aromatic carbocycles. The number of nitrogens with one attached hydrogen (secondary N) is 1. The van der Waals surface area contributed by atoms with Crippen LogP contribution in [-0.4, -0.2) is 27.4 Å². The molecule has 0 spiro atoms. The van der Waals surface area contributed by atoms with Gasteiger partial charge in [0.2, 0.25) is 0 Å². The normalized spacial score (nSPS) is 16.1. The molecule has 1 fully saturated rings. The van der Waals surface area contributed by atoms with E-state index in [0.717, 1.165) is 5.56 Å². The zero-order valence-corrected chi connectivity index (χ0v) is 13.6. The van der Waals surface area contributed by atoms with E-state index in [2.05, 4.69) is 10.4 Å². The standard InChI is InChI=1S/C16H16N4O2S/c1-3-22-14-7-5-4-6-13(14)20-15(21)12(18-16(20)23)8-11-9-17-19(2)10-11/h4-10H,3H2,1-2H3,(H,18,23)/b12-8+. The summed E-state index contributed by atoms with van der Waals surface area (Å²) in [5, 5.41) is 7.37. The van der Waals surface area contributed by atoms with Gasteiger partial charge in [-0.3, -0.25) is 9.48 Å². The van der Waals surface area contributed by atoms with Crippen LogP contribution in [0.2, 0.25) is 0 Å². The minimum Gasteiger partial charge on any atom is -0.492 e. The van der Waals surface area contributed by atoms with Gasteiger partial charge in [0, 0.05) is 18.8 Å². The van der Waals surface area contributed by atoms with Crippen molar-refractivity contribution in [2.24, 2.45) is 7.05 Å². The lowest BCUT2D eigenvalue weighted by Crippen LogP contribution is -2.30. The van der Waals surface area contributed by atoms with Crippen molar-refractivity contribution in [3.05, 3.63) is 47.9 Å². The van der Waals surface area contributed by atoms with Crippen molar-refractivity contribution in [1.82, 2.24) is 15.1 Å². The maximum absolute atomic E-state index is 12.7. The molecular formula is C16H16N4O2S. The van der Waals surface area contributed by atoms with Crippen LogP contribution in [0.3, 0.4) is 0 Å². The van der Waals surface area contributed by atoms with Gasteiger partial charge in [0.1, 0.15) is 11.4 Å². The average molecular weight is 328 g/mol. The summed E-state index contributed by atoms with van der Waals surface area (Å²) in [7, 11) is 1.82. The highest BCUT2D eigenvalue weighted by molar-refractivity contribution is 7.80. The second-order valence-electron chi connectivity index (χ2n) is 4.98. The first-order chi connectivity index (χ1) is 11.1. The van der Waals surface area contributed by atoms with Crippen molar-refractivity contribution in [1.29, 1.82) is 0 Å². The fourth-order valence-corrected chi connectivity index (χ4v) is 2.65. The number of carbonyl (C=O) groups excluding carboxylic acids is 1. The third kappa shape index (κ3) is 2.95. The summed E-state index contributed by atoms with van der Waals surface area (Å²) >= 11 is 5.32. The first-order valence-electron chi connectivity index (χ1n) is 7.17. The lowest BCUT2D eigenvalue weighted by atomic mass is 10.2. The van der Waals surface area contributed by atoms with Crippen LogP contribution in [0.5, 0.6) is 5.75 Å². The number of anilines is 1. The third-order valence-corrected chi connectivity index (χ3v) is 3.60. The van der Waals surface area contributed by atoms with Crippen LogP contribution in [0.25, 0.3) is 6.08 Å². The second kappa shape index (κ2) is 6.21. The van der Waals surface area contributed by atoms with E-state index in [1.54, 1.807) is 17.0 Å². The van der Waals surface area contributed by atoms with E-state index in [1.807, 2.05) is 44.4 Å². The number of ether oxygens (including phenoxy) is 1. The van der Waals surface area contributed by atoms with Gasteiger partial charge in [-0.1, -0.05) is 12.1 Å². The highest BCUT2D eigenvalue weighted by Gasteiger charge is 2.33. The molecule has 0 saturated carbocycles. The van der Waals surface area contributed by atoms with Crippen molar-refractivity contribution in [3.8, 4) is 5.75 Å². The molecule has 2 aromatic rings. The predicted molar refractivity (Wildman–Crippen MR) is 92.0 cm³/mol. The maximum Gasteiger partial charge on any atom is 0.281 e. The van der Waals surface area contributed by atoms with Crippen molar-refractivity contribution >= 4 is 35.0 Å². The molecule has 0 unspecified atom stereocenters. The van der Waals surface area contributed by atoms with Gasteiger partial charge in [-0.05, 0) is 37.4 Å². The monoisotopic (exact) mass is 328 g/mol. The summed E-state index contributed by atoms with van der Waals surface area (Å²) in [6.45, 7) is 2.41. The van der Waals surface area contributed by atoms with Gasteiger partial charge >= 0.3 is 0 Å². The first-order valence-corrected chi connectivity index (χ1v) is 7.58. The highest BCUT2D eigenvalue weighted by Crippen LogP contribution is 2.31. The molecule has 3 rings (SSSR count). The summed E-state index contributed by atoms with van der Waals surface area (Å²) in [4.78, 5) is 14.2. The van der Waals surface area contributed by atoms with Gasteiger partial charge in [-0.25, -0.2) is 4.90 Å². The summed E-state index contributed by atoms with van der Waals surface area (Å²) in [6.07, 6.45) is 5.23. The number of para-hydroxylation sites is 2. The molecular weight excluding hydrogens is 312 g/mol. The van der Waals surface area contributed by atoms with E-state index in [1.165, 1.54) is 4.90 Å². The summed E-state index contributed by atoms with van der Waals surface area (Å²) in [5.41, 5.74) is 1.87. The molecule has 1 aliphatic rings. The van der Waals surface area contributed by atoms with Crippen LogP contribution >= 0.6 is 12.2 Å². The lowest BCUT2D eigenvalue weighted by Gasteiger charge is -2.17. The smallest absolute Gasteiger partial charge is 0.281 e. The molecule has 0 bridgehead atoms. The molecule has 6 nitrogen and oxygen atoms in total. The lowest BCUT2D eigenvalue weighted by molar-refractivity contribution is -0.113. The van der Waals surface area contributed by atoms with E-state index >= 15 is 0 Å². The van der Waals surface area contributed by atoms with Crippen LogP contribution in [0.4, 0.5) is 5.69 Å². The number of aryl methyl sites for hydroxylation is 1. The molecule has 1 amide bonds. The zero-order chi connectivity index (χ0) is 16.4. The number of aromatic nitrogens is 2. The maximum atomic E-state index is 12.7. The van der Waals surface area contributed by atoms with E-state index in [-0.39, 0.29) is 5.91 Å². The number of hydrogen-bond acceptors (Lipinski definition) is 4. The molecule has 0 radical (unpaired) electrons. The molecule has 1 saturated heterocycles. The molecule has 1 aliphatic heterocycles. The van der Waals surface area contributed by atoms with Crippen LogP contribution in [-0.2, 0) is 11.8 Å². The number of rotatable bonds is 4. The molecule has 0 aliphatic carbocycles. The van der Waals surface area contributed by atoms with Crippen molar-refractivity contribution < 1.29 is 9.53 Å². The summed E-state index contributed by atoms with van der Waals surface area (Å²) in [6, 6.07) is 7.33. The van der Waals surface area contributed by atoms with Gasteiger partial charge in [-0.15, -0.1) is 0 Å². The molecule has 118 valence electrons. The Labute approximate surface area is 139 Å². The number of hydrogen-bond donors (Lipinski definition) is 1. The van der Waals surface area contributed by atoms with E-state index in [0.29, 0.717) is 28.9 Å². The third-order valence-electron chi connectivity index (χ3n) is 3.32. The SMILES string of the molecule is CCOc1ccccc1N1C(=O)/C(=C\c2cnn(C)c2)NC1=S. The Balaban J connectivity index is 1.95.